The summed E-state index contributed by atoms with van der Waals surface area (Å²) >= 11 is 0. The Morgan fingerprint density at radius 1 is 1.06 bits per heavy atom. The number of para-hydroxylation sites is 1. The van der Waals surface area contributed by atoms with Crippen LogP contribution in [0.4, 0.5) is 5.69 Å². The van der Waals surface area contributed by atoms with Gasteiger partial charge < -0.3 is 25.5 Å². The molecule has 2 aromatic carbocycles. The number of benzene rings is 2. The van der Waals surface area contributed by atoms with E-state index in [9.17, 15) is 15.3 Å². The molecule has 0 aromatic heterocycles. The summed E-state index contributed by atoms with van der Waals surface area (Å²) < 4.78 is 0. The van der Waals surface area contributed by atoms with Crippen molar-refractivity contribution >= 4 is 23.4 Å². The fraction of sp³-hybridized carbons (Fsp3) is 0.360. The van der Waals surface area contributed by atoms with Crippen LogP contribution in [-0.2, 0) is 0 Å². The van der Waals surface area contributed by atoms with E-state index in [0.29, 0.717) is 0 Å². The fourth-order valence-corrected chi connectivity index (χ4v) is 6.04. The van der Waals surface area contributed by atoms with Crippen molar-refractivity contribution < 1.29 is 15.3 Å². The smallest absolute Gasteiger partial charge is 0.136 e. The molecule has 0 radical (unpaired) electrons. The third-order valence-electron chi connectivity index (χ3n) is 7.87. The molecule has 0 spiro atoms. The van der Waals surface area contributed by atoms with E-state index < -0.39 is 17.1 Å². The summed E-state index contributed by atoms with van der Waals surface area (Å²) in [6.45, 7) is 1.68. The molecule has 7 nitrogen and oxygen atoms in total. The van der Waals surface area contributed by atoms with Crippen molar-refractivity contribution in [2.24, 2.45) is 27.2 Å². The second-order valence-corrected chi connectivity index (χ2v) is 9.37. The van der Waals surface area contributed by atoms with E-state index in [2.05, 4.69) is 33.5 Å². The number of nitrogens with zero attached hydrogens (tertiary/aromatic N) is 3. The number of aliphatic hydroxyl groups excluding tert-OH is 2. The number of fused-ring (bicyclic) bond motifs is 2. The normalized spacial score (nSPS) is 38.9. The van der Waals surface area contributed by atoms with E-state index in [1.165, 1.54) is 0 Å². The molecule has 2 aromatic rings. The Bertz CT molecular complexity index is 1130. The van der Waals surface area contributed by atoms with E-state index in [4.69, 9.17) is 4.99 Å². The molecule has 7 atom stereocenters. The van der Waals surface area contributed by atoms with Gasteiger partial charge in [0, 0.05) is 23.2 Å². The maximum absolute atomic E-state index is 10.9. The van der Waals surface area contributed by atoms with Gasteiger partial charge in [0.05, 0.1) is 18.6 Å². The lowest BCUT2D eigenvalue weighted by molar-refractivity contribution is -0.131. The van der Waals surface area contributed by atoms with Gasteiger partial charge in [0.1, 0.15) is 30.0 Å². The highest BCUT2D eigenvalue weighted by molar-refractivity contribution is 6.09. The number of hydrogen-bond acceptors (Lipinski definition) is 7. The van der Waals surface area contributed by atoms with E-state index in [1.807, 2.05) is 55.5 Å². The van der Waals surface area contributed by atoms with Crippen LogP contribution in [0.1, 0.15) is 12.5 Å². The first-order valence-corrected chi connectivity index (χ1v) is 11.0. The minimum absolute atomic E-state index is 0.150. The molecule has 32 heavy (non-hydrogen) atoms. The lowest BCUT2D eigenvalue weighted by Gasteiger charge is -2.45. The van der Waals surface area contributed by atoms with Crippen LogP contribution in [0.5, 0.6) is 0 Å². The molecule has 7 heteroatoms. The van der Waals surface area contributed by atoms with Crippen molar-refractivity contribution in [3.63, 3.8) is 0 Å². The first-order chi connectivity index (χ1) is 15.5. The number of aliphatic imine (C=N–C) groups is 2. The second-order valence-electron chi connectivity index (χ2n) is 9.37. The summed E-state index contributed by atoms with van der Waals surface area (Å²) in [5.41, 5.74) is 1.13. The topological polar surface area (TPSA) is 101 Å². The lowest BCUT2D eigenvalue weighted by atomic mass is 9.84. The van der Waals surface area contributed by atoms with Crippen molar-refractivity contribution in [3.8, 4) is 0 Å². The zero-order valence-electron chi connectivity index (χ0n) is 17.7. The minimum atomic E-state index is -1.23. The van der Waals surface area contributed by atoms with Crippen LogP contribution in [0.2, 0.25) is 0 Å². The molecule has 4 aliphatic rings. The first kappa shape index (κ1) is 19.7. The van der Waals surface area contributed by atoms with Gasteiger partial charge in [-0.25, -0.2) is 9.98 Å². The monoisotopic (exact) mass is 430 g/mol. The maximum atomic E-state index is 10.9. The Labute approximate surface area is 186 Å². The van der Waals surface area contributed by atoms with Gasteiger partial charge in [-0.05, 0) is 23.3 Å². The van der Waals surface area contributed by atoms with Crippen LogP contribution < -0.4 is 5.32 Å². The van der Waals surface area contributed by atoms with E-state index >= 15 is 0 Å². The van der Waals surface area contributed by atoms with Crippen LogP contribution in [0.25, 0.3) is 5.57 Å². The van der Waals surface area contributed by atoms with Gasteiger partial charge >= 0.3 is 0 Å². The quantitative estimate of drug-likeness (QED) is 0.594. The minimum Gasteiger partial charge on any atom is -0.396 e. The molecule has 2 aliphatic heterocycles. The van der Waals surface area contributed by atoms with Crippen molar-refractivity contribution in [3.05, 3.63) is 72.4 Å². The molecule has 2 fully saturated rings. The predicted molar refractivity (Wildman–Crippen MR) is 123 cm³/mol. The van der Waals surface area contributed by atoms with Crippen LogP contribution in [0.15, 0.2) is 76.8 Å². The molecule has 2 heterocycles. The summed E-state index contributed by atoms with van der Waals surface area (Å²) in [4.78, 5) is 11.3. The van der Waals surface area contributed by atoms with Gasteiger partial charge in [-0.15, -0.1) is 0 Å². The maximum Gasteiger partial charge on any atom is 0.136 e. The van der Waals surface area contributed by atoms with Gasteiger partial charge in [0.25, 0.3) is 0 Å². The molecular weight excluding hydrogens is 404 g/mol. The third-order valence-corrected chi connectivity index (χ3v) is 7.87. The van der Waals surface area contributed by atoms with Crippen molar-refractivity contribution in [1.29, 1.82) is 0 Å². The highest BCUT2D eigenvalue weighted by Crippen LogP contribution is 2.74. The molecule has 6 rings (SSSR count). The molecular formula is C25H26N4O3. The van der Waals surface area contributed by atoms with Gasteiger partial charge in [0.15, 0.2) is 0 Å². The van der Waals surface area contributed by atoms with Gasteiger partial charge in [0.2, 0.25) is 0 Å². The molecule has 2 aliphatic carbocycles. The Balaban J connectivity index is 1.38. The zero-order chi connectivity index (χ0) is 22.1. The third kappa shape index (κ3) is 2.41. The molecule has 0 amide bonds. The van der Waals surface area contributed by atoms with Crippen molar-refractivity contribution in [1.82, 2.24) is 4.90 Å². The highest BCUT2D eigenvalue weighted by atomic mass is 16.4. The summed E-state index contributed by atoms with van der Waals surface area (Å²) in [5, 5.41) is 35.2. The summed E-state index contributed by atoms with van der Waals surface area (Å²) in [6.07, 6.45) is 2.38. The average molecular weight is 431 g/mol. The van der Waals surface area contributed by atoms with Crippen LogP contribution in [0, 0.1) is 17.3 Å². The Morgan fingerprint density at radius 3 is 2.41 bits per heavy atom. The SMILES string of the molecule is C[C@]1(CO)C2C(N3C=C(c4ccccc4)C4C(Nc5ccccc5)=NC=NC43)C(O)[C@]21O. The molecule has 5 unspecified atom stereocenters. The van der Waals surface area contributed by atoms with Gasteiger partial charge in [-0.1, -0.05) is 55.5 Å². The lowest BCUT2D eigenvalue weighted by Crippen LogP contribution is -2.62. The fourth-order valence-electron chi connectivity index (χ4n) is 6.04. The van der Waals surface area contributed by atoms with Crippen LogP contribution in [0.3, 0.4) is 0 Å². The Kier molecular flexibility index (Phi) is 4.15. The average Bonchev–Trinajstić information content (AvgIpc) is 3.07. The standard InChI is InChI=1S/C25H26N4O3/c1-24(13-30)20-19(21(31)25(20,24)32)29-12-17(15-8-4-2-5-9-15)18-22(26-14-27-23(18)29)28-16-10-6-3-7-11-16/h2-12,14,18-21,23,30-32H,13H2,1H3,(H,26,27,28)/t18?,19?,20?,21?,23?,24-,25+/m0/s1. The summed E-state index contributed by atoms with van der Waals surface area (Å²) in [7, 11) is 0. The number of nitrogens with one attached hydrogen (secondary N) is 1. The van der Waals surface area contributed by atoms with Crippen molar-refractivity contribution in [2.45, 2.75) is 30.8 Å². The second kappa shape index (κ2) is 6.75. The predicted octanol–water partition coefficient (Wildman–Crippen LogP) is 1.94. The number of aliphatic hydroxyl groups is 3. The molecule has 0 saturated heterocycles. The van der Waals surface area contributed by atoms with E-state index in [-0.39, 0.29) is 30.7 Å². The van der Waals surface area contributed by atoms with Crippen LogP contribution >= 0.6 is 0 Å². The van der Waals surface area contributed by atoms with Crippen molar-refractivity contribution in [2.75, 3.05) is 11.9 Å². The summed E-state index contributed by atoms with van der Waals surface area (Å²) in [5.74, 6) is 0.433. The highest BCUT2D eigenvalue weighted by Gasteiger charge is 2.89. The molecule has 164 valence electrons. The number of anilines is 1. The largest absolute Gasteiger partial charge is 0.396 e. The Morgan fingerprint density at radius 2 is 1.75 bits per heavy atom. The molecule has 4 N–H and O–H groups in total. The van der Waals surface area contributed by atoms with Gasteiger partial charge in [-0.2, -0.15) is 0 Å². The molecule has 0 bridgehead atoms. The summed E-state index contributed by atoms with van der Waals surface area (Å²) in [6, 6.07) is 19.7. The van der Waals surface area contributed by atoms with E-state index in [0.717, 1.165) is 22.7 Å². The first-order valence-electron chi connectivity index (χ1n) is 11.0. The number of amidine groups is 1. The van der Waals surface area contributed by atoms with Gasteiger partial charge in [-0.3, -0.25) is 0 Å². The van der Waals surface area contributed by atoms with E-state index in [1.54, 1.807) is 6.34 Å². The molecule has 2 saturated carbocycles. The Hall–Kier alpha value is -3.00. The zero-order valence-corrected chi connectivity index (χ0v) is 17.7. The number of rotatable bonds is 4. The number of hydrogen-bond donors (Lipinski definition) is 4. The van der Waals surface area contributed by atoms with Crippen LogP contribution in [-0.4, -0.2) is 62.9 Å².